The van der Waals surface area contributed by atoms with Crippen molar-refractivity contribution in [1.82, 2.24) is 19.4 Å². The summed E-state index contributed by atoms with van der Waals surface area (Å²) in [6, 6.07) is 3.87. The molecule has 24 heavy (non-hydrogen) atoms. The van der Waals surface area contributed by atoms with Gasteiger partial charge in [0, 0.05) is 50.3 Å². The number of piperidine rings is 1. The van der Waals surface area contributed by atoms with Crippen molar-refractivity contribution in [2.24, 2.45) is 13.0 Å². The third kappa shape index (κ3) is 3.64. The first-order chi connectivity index (χ1) is 11.5. The molecule has 1 N–H and O–H groups in total. The van der Waals surface area contributed by atoms with Gasteiger partial charge in [-0.05, 0) is 31.4 Å². The quantitative estimate of drug-likeness (QED) is 0.926. The molecular weight excluding hydrogens is 304 g/mol. The maximum Gasteiger partial charge on any atom is 0.227 e. The Labute approximate surface area is 142 Å². The Morgan fingerprint density at radius 1 is 1.42 bits per heavy atom. The molecule has 1 aliphatic heterocycles. The number of likely N-dealkylation sites (tertiary alicyclic amines) is 1. The van der Waals surface area contributed by atoms with Crippen molar-refractivity contribution in [2.45, 2.75) is 32.3 Å². The van der Waals surface area contributed by atoms with Crippen molar-refractivity contribution >= 4 is 5.91 Å². The zero-order valence-electron chi connectivity index (χ0n) is 14.2. The summed E-state index contributed by atoms with van der Waals surface area (Å²) in [6.07, 6.45) is 6.81. The van der Waals surface area contributed by atoms with E-state index in [0.717, 1.165) is 30.6 Å². The smallest absolute Gasteiger partial charge is 0.227 e. The first kappa shape index (κ1) is 16.6. The number of rotatable bonds is 4. The highest BCUT2D eigenvalue weighted by molar-refractivity contribution is 5.78. The Balaban J connectivity index is 1.63. The number of imidazole rings is 1. The number of aromatic nitrogens is 3. The van der Waals surface area contributed by atoms with E-state index in [1.165, 1.54) is 0 Å². The fourth-order valence-corrected chi connectivity index (χ4v) is 3.26. The fourth-order valence-electron chi connectivity index (χ4n) is 3.26. The van der Waals surface area contributed by atoms with Gasteiger partial charge in [0.1, 0.15) is 11.9 Å². The number of hydrogen-bond acceptors (Lipinski definition) is 4. The van der Waals surface area contributed by atoms with Crippen molar-refractivity contribution < 1.29 is 9.90 Å². The van der Waals surface area contributed by atoms with E-state index in [-0.39, 0.29) is 11.8 Å². The van der Waals surface area contributed by atoms with E-state index in [4.69, 9.17) is 0 Å². The summed E-state index contributed by atoms with van der Waals surface area (Å²) in [5.41, 5.74) is 1.87. The van der Waals surface area contributed by atoms with E-state index in [0.29, 0.717) is 18.8 Å². The van der Waals surface area contributed by atoms with Gasteiger partial charge in [-0.1, -0.05) is 6.07 Å². The van der Waals surface area contributed by atoms with Crippen LogP contribution in [-0.4, -0.2) is 43.5 Å². The number of aryl methyl sites for hydroxylation is 2. The maximum absolute atomic E-state index is 12.6. The highest BCUT2D eigenvalue weighted by Crippen LogP contribution is 2.29. The SMILES string of the molecule is Cc1ccc(CC(=O)N2CCCC(C(O)c3nccn3C)C2)cn1. The Morgan fingerprint density at radius 3 is 2.92 bits per heavy atom. The predicted octanol–water partition coefficient (Wildman–Crippen LogP) is 1.64. The lowest BCUT2D eigenvalue weighted by atomic mass is 9.91. The van der Waals surface area contributed by atoms with Gasteiger partial charge in [-0.15, -0.1) is 0 Å². The number of nitrogens with zero attached hydrogens (tertiary/aromatic N) is 4. The number of hydrogen-bond donors (Lipinski definition) is 1. The van der Waals surface area contributed by atoms with Crippen LogP contribution in [0, 0.1) is 12.8 Å². The van der Waals surface area contributed by atoms with Gasteiger partial charge in [-0.2, -0.15) is 0 Å². The molecule has 2 aromatic heterocycles. The molecule has 128 valence electrons. The third-order valence-corrected chi connectivity index (χ3v) is 4.71. The summed E-state index contributed by atoms with van der Waals surface area (Å²) in [4.78, 5) is 22.9. The van der Waals surface area contributed by atoms with Gasteiger partial charge < -0.3 is 14.6 Å². The topological polar surface area (TPSA) is 71.2 Å². The number of carbonyl (C=O) groups is 1. The highest BCUT2D eigenvalue weighted by atomic mass is 16.3. The molecule has 3 rings (SSSR count). The lowest BCUT2D eigenvalue weighted by molar-refractivity contribution is -0.133. The Bertz CT molecular complexity index is 695. The summed E-state index contributed by atoms with van der Waals surface area (Å²) >= 11 is 0. The number of aliphatic hydroxyl groups is 1. The van der Waals surface area contributed by atoms with E-state index in [1.54, 1.807) is 12.4 Å². The van der Waals surface area contributed by atoms with E-state index in [9.17, 15) is 9.90 Å². The standard InChI is InChI=1S/C18H24N4O2/c1-13-5-6-14(11-20-13)10-16(23)22-8-3-4-15(12-22)17(24)18-19-7-9-21(18)2/h5-7,9,11,15,17,24H,3-4,8,10,12H2,1-2H3. The van der Waals surface area contributed by atoms with Crippen molar-refractivity contribution in [1.29, 1.82) is 0 Å². The molecule has 6 nitrogen and oxygen atoms in total. The van der Waals surface area contributed by atoms with E-state index in [1.807, 2.05) is 41.8 Å². The molecular formula is C18H24N4O2. The van der Waals surface area contributed by atoms with Crippen LogP contribution in [0.4, 0.5) is 0 Å². The molecule has 6 heteroatoms. The van der Waals surface area contributed by atoms with Crippen LogP contribution in [0.15, 0.2) is 30.7 Å². The molecule has 2 atom stereocenters. The summed E-state index contributed by atoms with van der Waals surface area (Å²) in [6.45, 7) is 3.26. The van der Waals surface area contributed by atoms with Gasteiger partial charge >= 0.3 is 0 Å². The van der Waals surface area contributed by atoms with Gasteiger partial charge in [0.05, 0.1) is 6.42 Å². The van der Waals surface area contributed by atoms with Crippen molar-refractivity contribution in [2.75, 3.05) is 13.1 Å². The molecule has 1 fully saturated rings. The third-order valence-electron chi connectivity index (χ3n) is 4.71. The summed E-state index contributed by atoms with van der Waals surface area (Å²) in [5.74, 6) is 0.786. The van der Waals surface area contributed by atoms with Gasteiger partial charge in [0.2, 0.25) is 5.91 Å². The molecule has 2 aromatic rings. The zero-order chi connectivity index (χ0) is 17.1. The number of amides is 1. The van der Waals surface area contributed by atoms with Crippen molar-refractivity contribution in [3.8, 4) is 0 Å². The average Bonchev–Trinajstić information content (AvgIpc) is 3.02. The second-order valence-corrected chi connectivity index (χ2v) is 6.57. The lowest BCUT2D eigenvalue weighted by Crippen LogP contribution is -2.42. The summed E-state index contributed by atoms with van der Waals surface area (Å²) in [7, 11) is 1.88. The molecule has 1 amide bonds. The van der Waals surface area contributed by atoms with Gasteiger partial charge in [-0.3, -0.25) is 9.78 Å². The Morgan fingerprint density at radius 2 is 2.25 bits per heavy atom. The first-order valence-corrected chi connectivity index (χ1v) is 8.39. The minimum atomic E-state index is -0.637. The van der Waals surface area contributed by atoms with Crippen LogP contribution >= 0.6 is 0 Å². The molecule has 0 bridgehead atoms. The molecule has 2 unspecified atom stereocenters. The van der Waals surface area contributed by atoms with E-state index in [2.05, 4.69) is 9.97 Å². The highest BCUT2D eigenvalue weighted by Gasteiger charge is 2.31. The first-order valence-electron chi connectivity index (χ1n) is 8.39. The maximum atomic E-state index is 12.6. The molecule has 0 aliphatic carbocycles. The fraction of sp³-hybridized carbons (Fsp3) is 0.500. The van der Waals surface area contributed by atoms with Crippen LogP contribution in [0.1, 0.15) is 36.0 Å². The van der Waals surface area contributed by atoms with Gasteiger partial charge in [-0.25, -0.2) is 4.98 Å². The minimum Gasteiger partial charge on any atom is -0.385 e. The molecule has 0 radical (unpaired) electrons. The summed E-state index contributed by atoms with van der Waals surface area (Å²) < 4.78 is 1.84. The molecule has 0 saturated carbocycles. The Kier molecular flexibility index (Phi) is 4.94. The van der Waals surface area contributed by atoms with Crippen LogP contribution in [0.25, 0.3) is 0 Å². The largest absolute Gasteiger partial charge is 0.385 e. The second-order valence-electron chi connectivity index (χ2n) is 6.57. The monoisotopic (exact) mass is 328 g/mol. The average molecular weight is 328 g/mol. The molecule has 3 heterocycles. The van der Waals surface area contributed by atoms with E-state index >= 15 is 0 Å². The van der Waals surface area contributed by atoms with Gasteiger partial charge in [0.25, 0.3) is 0 Å². The summed E-state index contributed by atoms with van der Waals surface area (Å²) in [5, 5.41) is 10.6. The predicted molar refractivity (Wildman–Crippen MR) is 90.1 cm³/mol. The number of pyridine rings is 1. The van der Waals surface area contributed by atoms with Crippen molar-refractivity contribution in [3.63, 3.8) is 0 Å². The van der Waals surface area contributed by atoms with Crippen LogP contribution in [0.5, 0.6) is 0 Å². The normalized spacial score (nSPS) is 19.3. The second kappa shape index (κ2) is 7.13. The van der Waals surface area contributed by atoms with Crippen LogP contribution < -0.4 is 0 Å². The minimum absolute atomic E-state index is 0.0277. The Hall–Kier alpha value is -2.21. The lowest BCUT2D eigenvalue weighted by Gasteiger charge is -2.35. The zero-order valence-corrected chi connectivity index (χ0v) is 14.2. The molecule has 0 aromatic carbocycles. The van der Waals surface area contributed by atoms with Crippen LogP contribution in [0.2, 0.25) is 0 Å². The van der Waals surface area contributed by atoms with Crippen LogP contribution in [0.3, 0.4) is 0 Å². The molecule has 0 spiro atoms. The van der Waals surface area contributed by atoms with Crippen molar-refractivity contribution in [3.05, 3.63) is 47.8 Å². The molecule has 1 aliphatic rings. The van der Waals surface area contributed by atoms with E-state index < -0.39 is 6.10 Å². The van der Waals surface area contributed by atoms with Gasteiger partial charge in [0.15, 0.2) is 0 Å². The number of carbonyl (C=O) groups excluding carboxylic acids is 1. The number of aliphatic hydroxyl groups excluding tert-OH is 1. The van der Waals surface area contributed by atoms with Crippen LogP contribution in [-0.2, 0) is 18.3 Å². The molecule has 1 saturated heterocycles.